The number of aliphatic hydroxyl groups is 2. The summed E-state index contributed by atoms with van der Waals surface area (Å²) in [6.45, 7) is 8.86. The summed E-state index contributed by atoms with van der Waals surface area (Å²) in [4.78, 5) is 132. The molecule has 0 aromatic heterocycles. The maximum Gasteiger partial charge on any atom is 0.326 e. The van der Waals surface area contributed by atoms with E-state index in [1.807, 2.05) is 0 Å². The topological polar surface area (TPSA) is 397 Å². The average Bonchev–Trinajstić information content (AvgIpc) is 3.75. The van der Waals surface area contributed by atoms with Gasteiger partial charge in [-0.3, -0.25) is 43.2 Å². The van der Waals surface area contributed by atoms with Gasteiger partial charge in [-0.2, -0.15) is 12.6 Å². The first kappa shape index (κ1) is 57.9. The summed E-state index contributed by atoms with van der Waals surface area (Å²) >= 11 is 4.20. The van der Waals surface area contributed by atoms with Crippen LogP contribution in [0.1, 0.15) is 92.9 Å². The molecule has 1 aliphatic rings. The van der Waals surface area contributed by atoms with Crippen molar-refractivity contribution in [3.8, 4) is 0 Å². The standard InChI is InChI=1S/C40H71N11O13S/c1-7-20(4)30(49-36(59)29(19(2)3)48-33(56)23(42)17-52)37(60)50-31(22(6)53)38(61)45-24(13-14-28(43)54)34(57)44-21(5)32(55)47-26(18-65)39(62)51-16-10-12-27(51)35(58)46-25(40(63)64)11-8-9-15-41/h19-27,29-31,52-53,65H,7-18,41-42H2,1-6H3,(H2,43,54)(H,44,57)(H,45,61)(H,46,58)(H,47,55)(H,48,56)(H,49,59)(H,50,60)(H,63,64)/t20-,21-,22+,23-,24-,25-,26-,27-,29-,30-,31-/m0/s1. The molecule has 1 fully saturated rings. The Balaban J connectivity index is 3.17. The number of carbonyl (C=O) groups excluding carboxylic acids is 9. The Morgan fingerprint density at radius 1 is 0.723 bits per heavy atom. The van der Waals surface area contributed by atoms with Crippen LogP contribution in [-0.4, -0.2) is 165 Å². The zero-order valence-corrected chi connectivity index (χ0v) is 38.9. The van der Waals surface area contributed by atoms with Crippen molar-refractivity contribution in [2.24, 2.45) is 29.0 Å². The lowest BCUT2D eigenvalue weighted by atomic mass is 9.95. The molecule has 1 aliphatic heterocycles. The third-order valence-electron chi connectivity index (χ3n) is 10.9. The Morgan fingerprint density at radius 2 is 1.29 bits per heavy atom. The molecule has 0 spiro atoms. The molecule has 0 saturated carbocycles. The highest BCUT2D eigenvalue weighted by Crippen LogP contribution is 2.20. The van der Waals surface area contributed by atoms with E-state index in [1.165, 1.54) is 18.7 Å². The van der Waals surface area contributed by atoms with Crippen molar-refractivity contribution >= 4 is 71.8 Å². The van der Waals surface area contributed by atoms with Gasteiger partial charge in [-0.1, -0.05) is 34.1 Å². The number of nitrogens with one attached hydrogen (secondary N) is 7. The van der Waals surface area contributed by atoms with Crippen molar-refractivity contribution in [1.82, 2.24) is 42.1 Å². The molecule has 0 unspecified atom stereocenters. The summed E-state index contributed by atoms with van der Waals surface area (Å²) < 4.78 is 0. The molecular weight excluding hydrogens is 875 g/mol. The molecular formula is C40H71N11O13S. The van der Waals surface area contributed by atoms with Gasteiger partial charge in [-0.15, -0.1) is 0 Å². The van der Waals surface area contributed by atoms with Crippen LogP contribution in [0.2, 0.25) is 0 Å². The molecule has 1 heterocycles. The quantitative estimate of drug-likeness (QED) is 0.0247. The maximum atomic E-state index is 13.7. The van der Waals surface area contributed by atoms with Gasteiger partial charge in [0, 0.05) is 18.7 Å². The zero-order valence-electron chi connectivity index (χ0n) is 38.0. The van der Waals surface area contributed by atoms with Crippen LogP contribution < -0.4 is 54.4 Å². The fraction of sp³-hybridized carbons (Fsp3) is 0.750. The van der Waals surface area contributed by atoms with E-state index < -0.39 is 144 Å². The minimum atomic E-state index is -1.73. The van der Waals surface area contributed by atoms with Crippen LogP contribution in [0.25, 0.3) is 0 Å². The van der Waals surface area contributed by atoms with Crippen molar-refractivity contribution in [1.29, 1.82) is 0 Å². The van der Waals surface area contributed by atoms with Gasteiger partial charge in [0.05, 0.1) is 12.7 Å². The van der Waals surface area contributed by atoms with Gasteiger partial charge in [-0.05, 0) is 70.8 Å². The first-order valence-corrected chi connectivity index (χ1v) is 22.4. The number of aliphatic carboxylic acids is 1. The molecule has 0 aliphatic carbocycles. The predicted octanol–water partition coefficient (Wildman–Crippen LogP) is -4.80. The van der Waals surface area contributed by atoms with Gasteiger partial charge in [0.1, 0.15) is 54.4 Å². The molecule has 370 valence electrons. The molecule has 16 N–H and O–H groups in total. The van der Waals surface area contributed by atoms with Crippen LogP contribution in [-0.2, 0) is 47.9 Å². The van der Waals surface area contributed by atoms with Crippen LogP contribution in [0.5, 0.6) is 0 Å². The summed E-state index contributed by atoms with van der Waals surface area (Å²) in [6.07, 6.45) is -0.243. The Morgan fingerprint density at radius 3 is 1.82 bits per heavy atom. The van der Waals surface area contributed by atoms with E-state index in [-0.39, 0.29) is 31.6 Å². The predicted molar refractivity (Wildman–Crippen MR) is 238 cm³/mol. The Hall–Kier alpha value is -5.11. The molecule has 1 saturated heterocycles. The number of hydrogen-bond acceptors (Lipinski definition) is 15. The second kappa shape index (κ2) is 28.7. The number of carboxylic acids is 1. The Labute approximate surface area is 384 Å². The molecule has 1 rings (SSSR count). The number of carbonyl (C=O) groups is 10. The van der Waals surface area contributed by atoms with Crippen LogP contribution in [0.3, 0.4) is 0 Å². The van der Waals surface area contributed by atoms with Crippen molar-refractivity contribution in [3.05, 3.63) is 0 Å². The third-order valence-corrected chi connectivity index (χ3v) is 11.3. The Bertz CT molecular complexity index is 1670. The van der Waals surface area contributed by atoms with E-state index >= 15 is 0 Å². The molecule has 0 bridgehead atoms. The zero-order chi connectivity index (χ0) is 49.7. The van der Waals surface area contributed by atoms with Crippen LogP contribution in [0.15, 0.2) is 0 Å². The number of amides is 9. The molecule has 24 nitrogen and oxygen atoms in total. The highest BCUT2D eigenvalue weighted by molar-refractivity contribution is 7.80. The van der Waals surface area contributed by atoms with Gasteiger partial charge in [0.25, 0.3) is 0 Å². The number of rotatable bonds is 29. The highest BCUT2D eigenvalue weighted by Gasteiger charge is 2.40. The normalized spacial score (nSPS) is 18.2. The number of primary amides is 1. The number of thiol groups is 1. The fourth-order valence-corrected chi connectivity index (χ4v) is 6.92. The lowest BCUT2D eigenvalue weighted by Crippen LogP contribution is -2.63. The monoisotopic (exact) mass is 945 g/mol. The first-order chi connectivity index (χ1) is 30.4. The van der Waals surface area contributed by atoms with Crippen molar-refractivity contribution in [2.75, 3.05) is 25.4 Å². The van der Waals surface area contributed by atoms with Gasteiger partial charge >= 0.3 is 5.97 Å². The fourth-order valence-electron chi connectivity index (χ4n) is 6.67. The second-order valence-electron chi connectivity index (χ2n) is 16.5. The molecule has 0 aromatic rings. The molecule has 65 heavy (non-hydrogen) atoms. The lowest BCUT2D eigenvalue weighted by molar-refractivity contribution is -0.145. The summed E-state index contributed by atoms with van der Waals surface area (Å²) in [5.74, 6) is -10.2. The van der Waals surface area contributed by atoms with Crippen LogP contribution in [0, 0.1) is 11.8 Å². The second-order valence-corrected chi connectivity index (χ2v) is 16.9. The lowest BCUT2D eigenvalue weighted by Gasteiger charge is -2.31. The van der Waals surface area contributed by atoms with Crippen molar-refractivity contribution in [3.63, 3.8) is 0 Å². The third kappa shape index (κ3) is 18.7. The number of nitrogens with zero attached hydrogens (tertiary/aromatic N) is 1. The smallest absolute Gasteiger partial charge is 0.326 e. The first-order valence-electron chi connectivity index (χ1n) is 21.7. The van der Waals surface area contributed by atoms with Gasteiger partial charge in [0.2, 0.25) is 53.2 Å². The average molecular weight is 946 g/mol. The SMILES string of the molecule is CC[C@H](C)[C@H](NC(=O)[C@@H](NC(=O)[C@@H](N)CO)C(C)C)C(=O)N[C@H](C(=O)N[C@@H](CCC(N)=O)C(=O)N[C@@H](C)C(=O)N[C@@H](CS)C(=O)N1CCC[C@H]1C(=O)N[C@@H](CCCCN)C(=O)O)[C@@H](C)O. The summed E-state index contributed by atoms with van der Waals surface area (Å²) in [5, 5.41) is 46.7. The van der Waals surface area contributed by atoms with E-state index in [4.69, 9.17) is 17.2 Å². The summed E-state index contributed by atoms with van der Waals surface area (Å²) in [6, 6.07) is -12.0. The van der Waals surface area contributed by atoms with Crippen LogP contribution in [0.4, 0.5) is 0 Å². The van der Waals surface area contributed by atoms with Crippen molar-refractivity contribution in [2.45, 2.75) is 153 Å². The molecule has 11 atom stereocenters. The number of carboxylic acid groups (broad SMARTS) is 1. The largest absolute Gasteiger partial charge is 0.480 e. The maximum absolute atomic E-state index is 13.7. The molecule has 25 heteroatoms. The van der Waals surface area contributed by atoms with Crippen molar-refractivity contribution < 1.29 is 63.3 Å². The minimum Gasteiger partial charge on any atom is -0.480 e. The van der Waals surface area contributed by atoms with Gasteiger partial charge < -0.3 is 74.6 Å². The van der Waals surface area contributed by atoms with Crippen LogP contribution >= 0.6 is 12.6 Å². The van der Waals surface area contributed by atoms with E-state index in [1.54, 1.807) is 27.7 Å². The molecule has 0 aromatic carbocycles. The molecule has 9 amide bonds. The van der Waals surface area contributed by atoms with E-state index in [2.05, 4.69) is 49.8 Å². The summed E-state index contributed by atoms with van der Waals surface area (Å²) in [5.41, 5.74) is 16.4. The van der Waals surface area contributed by atoms with E-state index in [0.29, 0.717) is 32.2 Å². The summed E-state index contributed by atoms with van der Waals surface area (Å²) in [7, 11) is 0. The van der Waals surface area contributed by atoms with E-state index in [0.717, 1.165) is 0 Å². The number of likely N-dealkylation sites (tertiary alicyclic amines) is 1. The number of aliphatic hydroxyl groups excluding tert-OH is 2. The van der Waals surface area contributed by atoms with E-state index in [9.17, 15) is 63.3 Å². The highest BCUT2D eigenvalue weighted by atomic mass is 32.1. The number of nitrogens with two attached hydrogens (primary N) is 3. The molecule has 0 radical (unpaired) electrons. The van der Waals surface area contributed by atoms with Gasteiger partial charge in [-0.25, -0.2) is 4.79 Å². The Kier molecular flexibility index (Phi) is 25.6. The number of unbranched alkanes of at least 4 members (excludes halogenated alkanes) is 1. The number of hydrogen-bond donors (Lipinski definition) is 14. The minimum absolute atomic E-state index is 0.135. The van der Waals surface area contributed by atoms with Gasteiger partial charge in [0.15, 0.2) is 0 Å².